The number of aryl methyl sites for hydroxylation is 8. The quantitative estimate of drug-likeness (QED) is 0.128. The molecule has 3 saturated heterocycles. The summed E-state index contributed by atoms with van der Waals surface area (Å²) in [6.45, 7) is 64.9. The maximum atomic E-state index is 5.35. The van der Waals surface area contributed by atoms with Gasteiger partial charge in [-0.1, -0.05) is 333 Å². The SMILES string of the molecule is C.C.C.C.C.C.C.C.C.C.C.CC.CC.CC.CC.CC.CC.CC.CC.CC.CC1CCN(C)CC1.CN1CCCc2cccnc21.CN1CCCc2cccnc21.CN1CCN(C)CC1.CN1CCN(C)CC1.Cc1cccc(N)n1.Cc1ccccn1.Cc1ccnc(N)c1.Cc1ccncc1.Cc1csnn1.Cc1nc2ccccc2[nH]1.c1ccccc1.c1ccccc1.c1ccncc1. The summed E-state index contributed by atoms with van der Waals surface area (Å²) >= 11 is 1.38. The third-order valence-corrected chi connectivity index (χ3v) is 17.8. The number of nitrogen functional groups attached to an aromatic ring is 2. The summed E-state index contributed by atoms with van der Waals surface area (Å²) in [4.78, 5) is 51.7. The minimum Gasteiger partial charge on any atom is -0.384 e. The number of pyridine rings is 7. The standard InChI is InChI=1S/2C9H12N2.C8H8N2.C7H15N.2C6H14N2.2C6H8N2.2C6H7N.2C6H6.C5H5N.C3H4N2S.9C2H6.11CH4/c2*1-11-7-3-5-8-4-2-6-10-9(8)11;1-6-9-7-4-2-3-5-8(7)10-6;3*1-7-3-5-8(2)6-4-7;1-5-2-3-8-6(7)4-5;1-5-3-2-4-6(7)8-5;1-6-2-4-7-5-3-6;1-6-4-2-3-5-7-6;3*1-2-4-6-5-3-1;1-3-2-6-5-4-3;9*1-2;;;;;;;;;;;/h2*2,4,6H,3,5,7H2,1H3;2-5H,1H3,(H,9,10);7H,3-6H2,1-2H3;2*3-6H2,1-2H3;2*2-4H,1H3,(H2,7,8);2*2-5H,1H3;2*1-6H;1-5H;2H,1H3;9*1-2H3;11*1H4. The number of H-pyrrole nitrogens is 1. The minimum atomic E-state index is 0. The first-order valence-electron chi connectivity index (χ1n) is 47.1. The third-order valence-electron chi connectivity index (χ3n) is 17.2. The number of hydrogen-bond donors (Lipinski definition) is 3. The second kappa shape index (κ2) is 126. The van der Waals surface area contributed by atoms with Gasteiger partial charge in [0.05, 0.1) is 16.7 Å². The molecule has 802 valence electrons. The number of para-hydroxylation sites is 2. The van der Waals surface area contributed by atoms with Gasteiger partial charge >= 0.3 is 0 Å². The second-order valence-electron chi connectivity index (χ2n) is 27.4. The number of nitrogens with one attached hydrogen (secondary N) is 1. The van der Waals surface area contributed by atoms with E-state index in [1.165, 1.54) is 144 Å². The molecule has 17 rings (SSSR count). The number of rotatable bonds is 0. The minimum absolute atomic E-state index is 0. The highest BCUT2D eigenvalue weighted by Crippen LogP contribution is 2.23. The number of nitrogens with two attached hydrogens (primary N) is 2. The molecule has 20 nitrogen and oxygen atoms in total. The average molecular weight is 1960 g/mol. The molecule has 3 aromatic carbocycles. The molecule has 0 unspecified atom stereocenters. The summed E-state index contributed by atoms with van der Waals surface area (Å²) in [5.74, 6) is 5.46. The lowest BCUT2D eigenvalue weighted by Gasteiger charge is -2.28. The molecule has 0 amide bonds. The number of fused-ring (bicyclic) bond motifs is 3. The van der Waals surface area contributed by atoms with Crippen LogP contribution in [0.3, 0.4) is 0 Å². The van der Waals surface area contributed by atoms with Crippen LogP contribution >= 0.6 is 11.5 Å². The Morgan fingerprint density at radius 2 is 0.655 bits per heavy atom. The number of aromatic amines is 1. The van der Waals surface area contributed by atoms with Crippen LogP contribution in [0.15, 0.2) is 255 Å². The van der Waals surface area contributed by atoms with E-state index in [9.17, 15) is 0 Å². The summed E-state index contributed by atoms with van der Waals surface area (Å²) in [5, 5.41) is 5.59. The number of piperidine rings is 1. The Labute approximate surface area is 868 Å². The third kappa shape index (κ3) is 101. The number of piperazine rings is 2. The van der Waals surface area contributed by atoms with Crippen molar-refractivity contribution in [3.8, 4) is 0 Å². The topological polar surface area (TPSA) is 219 Å². The predicted molar refractivity (Wildman–Crippen MR) is 641 cm³/mol. The number of anilines is 4. The van der Waals surface area contributed by atoms with E-state index in [4.69, 9.17) is 11.5 Å². The van der Waals surface area contributed by atoms with Crippen LogP contribution in [0.25, 0.3) is 11.0 Å². The molecule has 139 heavy (non-hydrogen) atoms. The second-order valence-corrected chi connectivity index (χ2v) is 28.0. The smallest absolute Gasteiger partial charge is 0.131 e. The van der Waals surface area contributed by atoms with Crippen LogP contribution in [0.4, 0.5) is 23.3 Å². The van der Waals surface area contributed by atoms with Gasteiger partial charge in [0.25, 0.3) is 0 Å². The predicted octanol–water partition coefficient (Wildman–Crippen LogP) is 32.1. The molecule has 5 N–H and O–H groups in total. The summed E-state index contributed by atoms with van der Waals surface area (Å²) in [6.07, 6.45) is 22.0. The van der Waals surface area contributed by atoms with Gasteiger partial charge in [-0.3, -0.25) is 15.0 Å². The zero-order valence-corrected chi connectivity index (χ0v) is 87.0. The highest BCUT2D eigenvalue weighted by atomic mass is 32.1. The van der Waals surface area contributed by atoms with Crippen molar-refractivity contribution in [3.63, 3.8) is 0 Å². The molecule has 5 aliphatic heterocycles. The Balaban J connectivity index is -0.0000000757. The Morgan fingerprint density at radius 1 is 0.309 bits per heavy atom. The van der Waals surface area contributed by atoms with Crippen LogP contribution in [0.2, 0.25) is 0 Å². The molecule has 21 heteroatoms. The van der Waals surface area contributed by atoms with Crippen LogP contribution < -0.4 is 21.3 Å². The molecular weight excluding hydrogens is 1730 g/mol. The maximum absolute atomic E-state index is 5.35. The fraction of sp³-hybridized carbons (Fsp3) is 0.525. The van der Waals surface area contributed by atoms with E-state index in [0.29, 0.717) is 11.6 Å². The van der Waals surface area contributed by atoms with Crippen molar-refractivity contribution >= 4 is 45.8 Å². The molecule has 3 fully saturated rings. The Kier molecular flexibility index (Phi) is 152. The number of likely N-dealkylation sites (tertiary alicyclic amines) is 1. The van der Waals surface area contributed by atoms with E-state index in [2.05, 4.69) is 157 Å². The van der Waals surface area contributed by atoms with Gasteiger partial charge < -0.3 is 50.8 Å². The Bertz CT molecular complexity index is 3660. The van der Waals surface area contributed by atoms with Crippen molar-refractivity contribution in [3.05, 3.63) is 300 Å². The maximum Gasteiger partial charge on any atom is 0.131 e. The van der Waals surface area contributed by atoms with Gasteiger partial charge in [0.15, 0.2) is 0 Å². The number of nitrogens with zero attached hydrogens (tertiary/aromatic N) is 17. The molecule has 0 radical (unpaired) electrons. The van der Waals surface area contributed by atoms with Gasteiger partial charge in [0.1, 0.15) is 29.1 Å². The fourth-order valence-corrected chi connectivity index (χ4v) is 10.9. The van der Waals surface area contributed by atoms with Gasteiger partial charge in [-0.15, -0.1) is 5.10 Å². The molecule has 0 saturated carbocycles. The van der Waals surface area contributed by atoms with Crippen molar-refractivity contribution in [1.29, 1.82) is 0 Å². The van der Waals surface area contributed by atoms with E-state index in [-0.39, 0.29) is 81.7 Å². The summed E-state index contributed by atoms with van der Waals surface area (Å²) in [6, 6.07) is 65.2. The number of hydrogen-bond acceptors (Lipinski definition) is 20. The van der Waals surface area contributed by atoms with Gasteiger partial charge in [-0.2, -0.15) is 0 Å². The first-order chi connectivity index (χ1) is 62.2. The first kappa shape index (κ1) is 168. The van der Waals surface area contributed by atoms with Gasteiger partial charge in [-0.05, 0) is 253 Å². The van der Waals surface area contributed by atoms with Gasteiger partial charge in [0.2, 0.25) is 0 Å². The lowest BCUT2D eigenvalue weighted by atomic mass is 10.00. The number of likely N-dealkylation sites (N-methyl/N-ethyl adjacent to an activating group) is 4. The van der Waals surface area contributed by atoms with Gasteiger partial charge in [0, 0.05) is 146 Å². The van der Waals surface area contributed by atoms with Crippen molar-refractivity contribution < 1.29 is 0 Å². The molecule has 12 aromatic rings. The van der Waals surface area contributed by atoms with Crippen molar-refractivity contribution in [2.24, 2.45) is 5.92 Å². The normalized spacial score (nSPS) is 11.6. The summed E-state index contributed by atoms with van der Waals surface area (Å²) < 4.78 is 3.61. The fourth-order valence-electron chi connectivity index (χ4n) is 10.5. The molecule has 14 heterocycles. The monoisotopic (exact) mass is 1950 g/mol. The molecule has 5 aliphatic rings. The number of aromatic nitrogens is 11. The van der Waals surface area contributed by atoms with Gasteiger partial charge in [-0.25, -0.2) is 24.9 Å². The molecule has 0 bridgehead atoms. The molecule has 0 atom stereocenters. The zero-order valence-electron chi connectivity index (χ0n) is 86.2. The Morgan fingerprint density at radius 3 is 0.906 bits per heavy atom. The molecule has 0 aliphatic carbocycles. The van der Waals surface area contributed by atoms with Crippen molar-refractivity contribution in [1.82, 2.24) is 78.9 Å². The van der Waals surface area contributed by atoms with Crippen LogP contribution in [-0.2, 0) is 12.8 Å². The van der Waals surface area contributed by atoms with E-state index < -0.39 is 0 Å². The number of benzene rings is 3. The lowest BCUT2D eigenvalue weighted by Crippen LogP contribution is -2.42. The van der Waals surface area contributed by atoms with Crippen LogP contribution in [0, 0.1) is 47.5 Å². The van der Waals surface area contributed by atoms with E-state index >= 15 is 0 Å². The van der Waals surface area contributed by atoms with Crippen molar-refractivity contribution in [2.45, 2.75) is 293 Å². The summed E-state index contributed by atoms with van der Waals surface area (Å²) in [7, 11) is 15.1. The summed E-state index contributed by atoms with van der Waals surface area (Å²) in [5.41, 5.74) is 21.1. The van der Waals surface area contributed by atoms with E-state index in [1.54, 1.807) is 43.2 Å². The first-order valence-corrected chi connectivity index (χ1v) is 47.9. The lowest BCUT2D eigenvalue weighted by molar-refractivity contribution is 0.181. The Hall–Kier alpha value is -10.3. The molecular formula is C118H224N20S. The highest BCUT2D eigenvalue weighted by molar-refractivity contribution is 7.03. The van der Waals surface area contributed by atoms with Crippen LogP contribution in [0.5, 0.6) is 0 Å². The highest BCUT2D eigenvalue weighted by Gasteiger charge is 2.15. The largest absolute Gasteiger partial charge is 0.384 e. The number of imidazole rings is 1. The average Bonchev–Trinajstić information content (AvgIpc) is 1.60. The van der Waals surface area contributed by atoms with Crippen molar-refractivity contribution in [2.75, 3.05) is 149 Å². The van der Waals surface area contributed by atoms with Crippen LogP contribution in [-0.4, -0.2) is 207 Å². The molecule has 9 aromatic heterocycles. The zero-order chi connectivity index (χ0) is 97.6. The molecule has 0 spiro atoms. The van der Waals surface area contributed by atoms with Crippen LogP contribution in [0.1, 0.15) is 284 Å². The van der Waals surface area contributed by atoms with E-state index in [1.807, 2.05) is 366 Å². The van der Waals surface area contributed by atoms with E-state index in [0.717, 1.165) is 58.5 Å².